The van der Waals surface area contributed by atoms with E-state index in [1.54, 1.807) is 63.8 Å². The molecule has 10 heteroatoms. The van der Waals surface area contributed by atoms with Crippen molar-refractivity contribution in [2.24, 2.45) is 0 Å². The van der Waals surface area contributed by atoms with Crippen LogP contribution in [0.3, 0.4) is 0 Å². The maximum absolute atomic E-state index is 13.1. The quantitative estimate of drug-likeness (QED) is 0.213. The molecule has 0 amide bonds. The van der Waals surface area contributed by atoms with Gasteiger partial charge < -0.3 is 10.2 Å². The Morgan fingerprint density at radius 2 is 1.74 bits per heavy atom. The molecular formula is C33H29ClN4O4S. The second-order valence-corrected chi connectivity index (χ2v) is 12.5. The molecule has 6 rings (SSSR count). The van der Waals surface area contributed by atoms with E-state index in [0.29, 0.717) is 16.2 Å². The molecule has 6 aromatic rings. The lowest BCUT2D eigenvalue weighted by atomic mass is 9.93. The molecule has 0 aliphatic carbocycles. The average molecular weight is 613 g/mol. The van der Waals surface area contributed by atoms with Gasteiger partial charge in [0.25, 0.3) is 5.56 Å². The SMILES string of the molecule is CC(C)(C)O.Cc1cc2nc(-c3ccnc(-n4ccc5ccncc5c4=O)c3)sc2c(-c2ccc(Cl)cc2)c1CC(=O)O. The Hall–Kier alpha value is -4.44. The predicted octanol–water partition coefficient (Wildman–Crippen LogP) is 7.09. The van der Waals surface area contributed by atoms with Crippen molar-refractivity contribution in [2.45, 2.75) is 39.7 Å². The second-order valence-electron chi connectivity index (χ2n) is 11.0. The number of aliphatic hydroxyl groups is 1. The number of fused-ring (bicyclic) bond motifs is 2. The van der Waals surface area contributed by atoms with Gasteiger partial charge >= 0.3 is 5.97 Å². The standard InChI is InChI=1S/C29H19ClN4O3S.C4H10O/c1-16-12-23-27(26(21(16)14-25(35)36)18-2-4-20(30)5-3-18)38-28(33-23)19-7-10-32-24(13-19)34-11-8-17-6-9-31-15-22(17)29(34)37;1-4(2,3)5/h2-13,15H,14H2,1H3,(H,35,36);5H,1-3H3. The number of aliphatic carboxylic acids is 1. The van der Waals surface area contributed by atoms with Crippen molar-refractivity contribution in [3.8, 4) is 27.5 Å². The number of halogens is 1. The summed E-state index contributed by atoms with van der Waals surface area (Å²) < 4.78 is 2.38. The molecule has 0 aliphatic rings. The van der Waals surface area contributed by atoms with Crippen molar-refractivity contribution < 1.29 is 15.0 Å². The van der Waals surface area contributed by atoms with Gasteiger partial charge in [-0.05, 0) is 92.2 Å². The molecule has 0 bridgehead atoms. The molecule has 2 aromatic carbocycles. The van der Waals surface area contributed by atoms with E-state index in [4.69, 9.17) is 21.7 Å². The van der Waals surface area contributed by atoms with Gasteiger partial charge in [0.1, 0.15) is 10.8 Å². The van der Waals surface area contributed by atoms with Gasteiger partial charge in [0.15, 0.2) is 0 Å². The number of carbonyl (C=O) groups is 1. The molecule has 0 unspecified atom stereocenters. The lowest BCUT2D eigenvalue weighted by molar-refractivity contribution is -0.136. The second kappa shape index (κ2) is 12.0. The maximum Gasteiger partial charge on any atom is 0.307 e. The summed E-state index contributed by atoms with van der Waals surface area (Å²) in [6.07, 6.45) is 6.46. The number of carboxylic acid groups (broad SMARTS) is 1. The number of pyridine rings is 3. The number of aromatic nitrogens is 4. The van der Waals surface area contributed by atoms with Crippen molar-refractivity contribution in [3.63, 3.8) is 0 Å². The first-order valence-electron chi connectivity index (χ1n) is 13.4. The van der Waals surface area contributed by atoms with E-state index in [9.17, 15) is 14.7 Å². The van der Waals surface area contributed by atoms with Gasteiger partial charge in [-0.3, -0.25) is 19.1 Å². The molecule has 0 saturated carbocycles. The minimum atomic E-state index is -0.901. The summed E-state index contributed by atoms with van der Waals surface area (Å²) in [5.41, 5.74) is 4.19. The minimum absolute atomic E-state index is 0.105. The van der Waals surface area contributed by atoms with Gasteiger partial charge in [-0.2, -0.15) is 0 Å². The van der Waals surface area contributed by atoms with Crippen LogP contribution >= 0.6 is 22.9 Å². The fourth-order valence-corrected chi connectivity index (χ4v) is 5.87. The van der Waals surface area contributed by atoms with Gasteiger partial charge in [-0.25, -0.2) is 9.97 Å². The zero-order chi connectivity index (χ0) is 30.9. The third-order valence-electron chi connectivity index (χ3n) is 6.42. The molecule has 2 N–H and O–H groups in total. The van der Waals surface area contributed by atoms with Crippen LogP contribution in [-0.2, 0) is 11.2 Å². The number of nitrogens with zero attached hydrogens (tertiary/aromatic N) is 4. The van der Waals surface area contributed by atoms with E-state index >= 15 is 0 Å². The molecule has 4 aromatic heterocycles. The lowest BCUT2D eigenvalue weighted by Crippen LogP contribution is -2.18. The summed E-state index contributed by atoms with van der Waals surface area (Å²) in [5.74, 6) is -0.430. The zero-order valence-electron chi connectivity index (χ0n) is 24.0. The molecule has 0 saturated heterocycles. The fourth-order valence-electron chi connectivity index (χ4n) is 4.60. The maximum atomic E-state index is 13.1. The smallest absolute Gasteiger partial charge is 0.307 e. The number of hydrogen-bond acceptors (Lipinski definition) is 7. The van der Waals surface area contributed by atoms with Crippen molar-refractivity contribution in [3.05, 3.63) is 106 Å². The number of carboxylic acids is 1. The highest BCUT2D eigenvalue weighted by Gasteiger charge is 2.20. The van der Waals surface area contributed by atoms with Crippen LogP contribution in [0.5, 0.6) is 0 Å². The van der Waals surface area contributed by atoms with Crippen LogP contribution in [-0.4, -0.2) is 41.3 Å². The Kier molecular flexibility index (Phi) is 8.41. The highest BCUT2D eigenvalue weighted by atomic mass is 35.5. The summed E-state index contributed by atoms with van der Waals surface area (Å²) in [5, 5.41) is 20.8. The largest absolute Gasteiger partial charge is 0.481 e. The molecule has 0 radical (unpaired) electrons. The highest BCUT2D eigenvalue weighted by Crippen LogP contribution is 2.41. The molecule has 4 heterocycles. The van der Waals surface area contributed by atoms with Crippen molar-refractivity contribution in [1.82, 2.24) is 19.5 Å². The van der Waals surface area contributed by atoms with Crippen LogP contribution in [0.4, 0.5) is 0 Å². The number of thiazole rings is 1. The topological polar surface area (TPSA) is 118 Å². The molecule has 0 spiro atoms. The molecule has 0 fully saturated rings. The van der Waals surface area contributed by atoms with Crippen LogP contribution in [0.25, 0.3) is 48.5 Å². The van der Waals surface area contributed by atoms with E-state index in [2.05, 4.69) is 9.97 Å². The average Bonchev–Trinajstić information content (AvgIpc) is 3.37. The Labute approximate surface area is 256 Å². The lowest BCUT2D eigenvalue weighted by Gasteiger charge is -2.13. The Morgan fingerprint density at radius 3 is 2.44 bits per heavy atom. The van der Waals surface area contributed by atoms with E-state index < -0.39 is 11.6 Å². The Balaban J connectivity index is 0.000000682. The van der Waals surface area contributed by atoms with E-state index in [1.807, 2.05) is 43.3 Å². The molecule has 8 nitrogen and oxygen atoms in total. The zero-order valence-corrected chi connectivity index (χ0v) is 25.6. The Morgan fingerprint density at radius 1 is 1.02 bits per heavy atom. The molecule has 0 atom stereocenters. The summed E-state index contributed by atoms with van der Waals surface area (Å²) >= 11 is 7.60. The summed E-state index contributed by atoms with van der Waals surface area (Å²) in [7, 11) is 0. The van der Waals surface area contributed by atoms with Crippen LogP contribution in [0.1, 0.15) is 31.9 Å². The normalized spacial score (nSPS) is 11.4. The molecule has 218 valence electrons. The van der Waals surface area contributed by atoms with E-state index in [-0.39, 0.29) is 12.0 Å². The predicted molar refractivity (Wildman–Crippen MR) is 172 cm³/mol. The van der Waals surface area contributed by atoms with Crippen molar-refractivity contribution in [1.29, 1.82) is 0 Å². The fraction of sp³-hybridized carbons (Fsp3) is 0.182. The van der Waals surface area contributed by atoms with Crippen LogP contribution in [0.2, 0.25) is 5.02 Å². The van der Waals surface area contributed by atoms with Gasteiger partial charge in [0.05, 0.1) is 27.6 Å². The van der Waals surface area contributed by atoms with Crippen molar-refractivity contribution >= 4 is 49.9 Å². The number of benzene rings is 2. The van der Waals surface area contributed by atoms with Gasteiger partial charge in [-0.1, -0.05) is 23.7 Å². The Bertz CT molecular complexity index is 2020. The summed E-state index contributed by atoms with van der Waals surface area (Å²) in [6.45, 7) is 7.13. The van der Waals surface area contributed by atoms with E-state index in [1.165, 1.54) is 15.9 Å². The van der Waals surface area contributed by atoms with Gasteiger partial charge in [0.2, 0.25) is 0 Å². The molecule has 43 heavy (non-hydrogen) atoms. The minimum Gasteiger partial charge on any atom is -0.481 e. The van der Waals surface area contributed by atoms with Crippen LogP contribution < -0.4 is 5.56 Å². The van der Waals surface area contributed by atoms with Gasteiger partial charge in [-0.15, -0.1) is 11.3 Å². The first-order chi connectivity index (χ1) is 20.4. The summed E-state index contributed by atoms with van der Waals surface area (Å²) in [4.78, 5) is 38.3. The molecule has 0 aliphatic heterocycles. The number of aryl methyl sites for hydroxylation is 1. The first kappa shape index (κ1) is 30.0. The number of hydrogen-bond donors (Lipinski definition) is 2. The monoisotopic (exact) mass is 612 g/mol. The van der Waals surface area contributed by atoms with Crippen LogP contribution in [0.15, 0.2) is 84.2 Å². The van der Waals surface area contributed by atoms with Gasteiger partial charge in [0, 0.05) is 40.9 Å². The van der Waals surface area contributed by atoms with E-state index in [0.717, 1.165) is 48.4 Å². The third-order valence-corrected chi connectivity index (χ3v) is 7.81. The first-order valence-corrected chi connectivity index (χ1v) is 14.6. The third kappa shape index (κ3) is 6.80. The number of rotatable bonds is 5. The van der Waals surface area contributed by atoms with Crippen molar-refractivity contribution in [2.75, 3.05) is 0 Å². The van der Waals surface area contributed by atoms with Crippen LogP contribution in [0, 0.1) is 6.92 Å². The summed E-state index contributed by atoms with van der Waals surface area (Å²) in [6, 6.07) is 16.6. The molecular weight excluding hydrogens is 584 g/mol. The highest BCUT2D eigenvalue weighted by molar-refractivity contribution is 7.22.